The zero-order valence-electron chi connectivity index (χ0n) is 39.0. The molecule has 68 heavy (non-hydrogen) atoms. The largest absolute Gasteiger partial charge is 0.395 e. The van der Waals surface area contributed by atoms with Crippen LogP contribution in [0.5, 0.6) is 0 Å². The van der Waals surface area contributed by atoms with Gasteiger partial charge in [-0.25, -0.2) is 0 Å². The van der Waals surface area contributed by atoms with Gasteiger partial charge in [-0.3, -0.25) is 9.11 Å². The highest BCUT2D eigenvalue weighted by molar-refractivity contribution is 7.86. The molecule has 0 bridgehead atoms. The zero-order chi connectivity index (χ0) is 49.7. The number of hydrogen-bond donors (Lipinski definition) is 10. The Balaban J connectivity index is 1.65. The lowest BCUT2D eigenvalue weighted by molar-refractivity contribution is 0.279. The molecule has 376 valence electrons. The maximum Gasteiger partial charge on any atom is 0.295 e. The van der Waals surface area contributed by atoms with Crippen LogP contribution >= 0.6 is 0 Å². The van der Waals surface area contributed by atoms with E-state index in [-0.39, 0.29) is 111 Å². The molecule has 2 aromatic carbocycles. The standard InChI is InChI=1S/C42H66N14O10S2/c1-5-53(6-2)19-9-17-43-37-47-39(51-41(49-37)55(21-25-57)22-26-58)45-33-15-13-31(35(29-33)67(61,62)63)11-12-32-14-16-34(30-36(32)68(64,65)66)46-40-48-38(44-18-10-20-54(7-3)8-4)50-42(52-40)56(23-27-59)24-28-60/h11-16,29-30,57-60H,5-10,17-28H2,1-4H3,(H,61,62,63)(H,64,65,66)(H2,43,45,47,49,51)(H2,44,46,48,50,52)/b12-11+. The van der Waals surface area contributed by atoms with E-state index in [2.05, 4.69) is 88.7 Å². The average Bonchev–Trinajstić information content (AvgIpc) is 3.30. The van der Waals surface area contributed by atoms with E-state index in [0.717, 1.165) is 64.2 Å². The van der Waals surface area contributed by atoms with Crippen LogP contribution in [-0.4, -0.2) is 191 Å². The van der Waals surface area contributed by atoms with Crippen molar-refractivity contribution < 1.29 is 46.4 Å². The molecule has 0 aliphatic rings. The molecule has 26 heteroatoms. The van der Waals surface area contributed by atoms with E-state index in [1.54, 1.807) is 9.80 Å². The van der Waals surface area contributed by atoms with Gasteiger partial charge in [0, 0.05) is 50.6 Å². The van der Waals surface area contributed by atoms with E-state index in [0.29, 0.717) is 13.1 Å². The first-order valence-electron chi connectivity index (χ1n) is 22.4. The van der Waals surface area contributed by atoms with Gasteiger partial charge in [-0.2, -0.15) is 46.7 Å². The molecular formula is C42H66N14O10S2. The predicted octanol–water partition coefficient (Wildman–Crippen LogP) is 2.08. The topological polar surface area (TPSA) is 328 Å². The van der Waals surface area contributed by atoms with E-state index < -0.39 is 30.0 Å². The highest BCUT2D eigenvalue weighted by Gasteiger charge is 2.21. The average molecular weight is 991 g/mol. The lowest BCUT2D eigenvalue weighted by Gasteiger charge is -2.22. The molecule has 2 aromatic heterocycles. The van der Waals surface area contributed by atoms with E-state index in [9.17, 15) is 46.4 Å². The second kappa shape index (κ2) is 27.5. The number of hydrogen-bond acceptors (Lipinski definition) is 22. The molecule has 24 nitrogen and oxygen atoms in total. The van der Waals surface area contributed by atoms with Gasteiger partial charge in [-0.1, -0.05) is 52.0 Å². The lowest BCUT2D eigenvalue weighted by Crippen LogP contribution is -2.32. The molecule has 0 saturated carbocycles. The van der Waals surface area contributed by atoms with Gasteiger partial charge in [0.15, 0.2) is 0 Å². The van der Waals surface area contributed by atoms with Crippen LogP contribution in [0.25, 0.3) is 12.2 Å². The summed E-state index contributed by atoms with van der Waals surface area (Å²) in [6.45, 7) is 14.0. The first kappa shape index (κ1) is 55.2. The second-order valence-electron chi connectivity index (χ2n) is 15.1. The van der Waals surface area contributed by atoms with Crippen molar-refractivity contribution in [1.29, 1.82) is 0 Å². The molecule has 0 saturated heterocycles. The summed E-state index contributed by atoms with van der Waals surface area (Å²) in [6.07, 6.45) is 4.05. The maximum absolute atomic E-state index is 12.8. The minimum absolute atomic E-state index is 0.0161. The number of nitrogens with zero attached hydrogens (tertiary/aromatic N) is 10. The fraction of sp³-hybridized carbons (Fsp3) is 0.524. The van der Waals surface area contributed by atoms with Crippen molar-refractivity contribution in [3.8, 4) is 0 Å². The number of benzene rings is 2. The Labute approximate surface area is 398 Å². The summed E-state index contributed by atoms with van der Waals surface area (Å²) >= 11 is 0. The molecule has 0 spiro atoms. The number of anilines is 8. The van der Waals surface area contributed by atoms with E-state index in [4.69, 9.17) is 0 Å². The van der Waals surface area contributed by atoms with Crippen LogP contribution in [0.4, 0.5) is 47.1 Å². The number of aliphatic hydroxyl groups excluding tert-OH is 4. The predicted molar refractivity (Wildman–Crippen MR) is 262 cm³/mol. The summed E-state index contributed by atoms with van der Waals surface area (Å²) < 4.78 is 71.8. The molecule has 0 fully saturated rings. The fourth-order valence-corrected chi connectivity index (χ4v) is 8.28. The van der Waals surface area contributed by atoms with Crippen LogP contribution in [0.2, 0.25) is 0 Å². The van der Waals surface area contributed by atoms with Crippen molar-refractivity contribution in [3.63, 3.8) is 0 Å². The molecule has 4 rings (SSSR count). The van der Waals surface area contributed by atoms with Crippen LogP contribution in [0.1, 0.15) is 51.7 Å². The minimum atomic E-state index is -4.90. The van der Waals surface area contributed by atoms with Crippen LogP contribution < -0.4 is 31.1 Å². The van der Waals surface area contributed by atoms with Crippen molar-refractivity contribution in [2.24, 2.45) is 0 Å². The number of aliphatic hydroxyl groups is 4. The first-order chi connectivity index (χ1) is 32.6. The molecule has 2 heterocycles. The Bertz CT molecular complexity index is 2270. The van der Waals surface area contributed by atoms with E-state index in [1.807, 2.05) is 0 Å². The maximum atomic E-state index is 12.8. The highest BCUT2D eigenvalue weighted by Crippen LogP contribution is 2.29. The number of aromatic nitrogens is 6. The number of nitrogens with one attached hydrogen (secondary N) is 4. The normalized spacial score (nSPS) is 12.0. The third-order valence-corrected chi connectivity index (χ3v) is 12.3. The van der Waals surface area contributed by atoms with Crippen molar-refractivity contribution in [1.82, 2.24) is 39.7 Å². The number of rotatable bonds is 32. The van der Waals surface area contributed by atoms with E-state index in [1.165, 1.54) is 36.4 Å². The van der Waals surface area contributed by atoms with Gasteiger partial charge in [-0.15, -0.1) is 0 Å². The van der Waals surface area contributed by atoms with Gasteiger partial charge in [0.05, 0.1) is 26.4 Å². The van der Waals surface area contributed by atoms with Crippen molar-refractivity contribution >= 4 is 79.5 Å². The Kier molecular flexibility index (Phi) is 22.4. The third kappa shape index (κ3) is 17.3. The summed E-state index contributed by atoms with van der Waals surface area (Å²) in [6, 6.07) is 7.92. The molecule has 4 aromatic rings. The SMILES string of the molecule is CCN(CC)CCCNc1nc(Nc2ccc(/C=C/c3ccc(Nc4nc(NCCCN(CC)CC)nc(N(CCO)CCO)n4)cc3S(=O)(=O)O)c(S(=O)(=O)O)c2)nc(N(CCO)CCO)n1. The lowest BCUT2D eigenvalue weighted by atomic mass is 10.1. The third-order valence-electron chi connectivity index (χ3n) is 10.5. The van der Waals surface area contributed by atoms with Crippen LogP contribution in [0.3, 0.4) is 0 Å². The van der Waals surface area contributed by atoms with Gasteiger partial charge in [0.25, 0.3) is 20.2 Å². The smallest absolute Gasteiger partial charge is 0.295 e. The molecule has 0 aliphatic carbocycles. The Morgan fingerprint density at radius 2 is 0.838 bits per heavy atom. The van der Waals surface area contributed by atoms with Crippen LogP contribution in [0.15, 0.2) is 46.2 Å². The summed E-state index contributed by atoms with van der Waals surface area (Å²) in [7, 11) is -9.80. The monoisotopic (exact) mass is 990 g/mol. The van der Waals surface area contributed by atoms with Crippen LogP contribution in [-0.2, 0) is 20.2 Å². The van der Waals surface area contributed by atoms with Crippen LogP contribution in [0, 0.1) is 0 Å². The minimum Gasteiger partial charge on any atom is -0.395 e. The Morgan fingerprint density at radius 3 is 1.15 bits per heavy atom. The molecule has 0 amide bonds. The van der Waals surface area contributed by atoms with Crippen molar-refractivity contribution in [2.75, 3.05) is 136 Å². The van der Waals surface area contributed by atoms with E-state index >= 15 is 0 Å². The fourth-order valence-electron chi connectivity index (χ4n) is 6.86. The molecule has 0 aliphatic heterocycles. The van der Waals surface area contributed by atoms with Gasteiger partial charge in [0.2, 0.25) is 35.7 Å². The van der Waals surface area contributed by atoms with Gasteiger partial charge in [0.1, 0.15) is 9.79 Å². The Morgan fingerprint density at radius 1 is 0.500 bits per heavy atom. The molecule has 10 N–H and O–H groups in total. The summed E-state index contributed by atoms with van der Waals surface area (Å²) in [5.41, 5.74) is 0.186. The summed E-state index contributed by atoms with van der Waals surface area (Å²) in [4.78, 5) is 33.2. The highest BCUT2D eigenvalue weighted by atomic mass is 32.2. The second-order valence-corrected chi connectivity index (χ2v) is 17.9. The molecule has 0 unspecified atom stereocenters. The summed E-state index contributed by atoms with van der Waals surface area (Å²) in [5, 5.41) is 50.9. The molecular weight excluding hydrogens is 925 g/mol. The Hall–Kier alpha value is -5.42. The first-order valence-corrected chi connectivity index (χ1v) is 25.3. The van der Waals surface area contributed by atoms with Crippen molar-refractivity contribution in [2.45, 2.75) is 50.3 Å². The van der Waals surface area contributed by atoms with Gasteiger partial charge >= 0.3 is 0 Å². The summed E-state index contributed by atoms with van der Waals surface area (Å²) in [5.74, 6) is 0.587. The van der Waals surface area contributed by atoms with Gasteiger partial charge in [-0.05, 0) is 87.5 Å². The quantitative estimate of drug-likeness (QED) is 0.0190. The zero-order valence-corrected chi connectivity index (χ0v) is 40.6. The van der Waals surface area contributed by atoms with Gasteiger partial charge < -0.3 is 61.3 Å². The molecule has 0 atom stereocenters. The van der Waals surface area contributed by atoms with Crippen molar-refractivity contribution in [3.05, 3.63) is 47.5 Å². The molecule has 0 radical (unpaired) electrons.